The summed E-state index contributed by atoms with van der Waals surface area (Å²) >= 11 is 0. The zero-order valence-electron chi connectivity index (χ0n) is 17.5. The van der Waals surface area contributed by atoms with E-state index in [9.17, 15) is 0 Å². The van der Waals surface area contributed by atoms with Crippen molar-refractivity contribution in [3.63, 3.8) is 0 Å². The van der Waals surface area contributed by atoms with Gasteiger partial charge in [0, 0.05) is 18.3 Å². The highest BCUT2D eigenvalue weighted by atomic mass is 16.5. The van der Waals surface area contributed by atoms with Gasteiger partial charge in [-0.25, -0.2) is 0 Å². The smallest absolute Gasteiger partial charge is 0.0717 e. The topological polar surface area (TPSA) is 18.5 Å². The first-order chi connectivity index (χ1) is 14.3. The van der Waals surface area contributed by atoms with Crippen molar-refractivity contribution in [1.82, 2.24) is 0 Å². The highest BCUT2D eigenvalue weighted by molar-refractivity contribution is 5.14. The third kappa shape index (κ3) is 8.96. The predicted molar refractivity (Wildman–Crippen MR) is 121 cm³/mol. The van der Waals surface area contributed by atoms with E-state index in [0.29, 0.717) is 26.4 Å². The van der Waals surface area contributed by atoms with Crippen molar-refractivity contribution in [3.05, 3.63) is 96.6 Å². The van der Waals surface area contributed by atoms with Crippen LogP contribution in [0.4, 0.5) is 0 Å². The van der Waals surface area contributed by atoms with Crippen LogP contribution in [0.15, 0.2) is 85.5 Å². The molecule has 0 bridgehead atoms. The zero-order valence-corrected chi connectivity index (χ0v) is 17.5. The average molecular weight is 389 g/mol. The van der Waals surface area contributed by atoms with E-state index in [1.807, 2.05) is 42.5 Å². The molecule has 0 fully saturated rings. The molecule has 0 heterocycles. The molecule has 0 amide bonds. The molecule has 152 valence electrons. The monoisotopic (exact) mass is 388 g/mol. The SMILES string of the molecule is C=C/C=C/CC(CC#CCC)(COCc1ccccc1)COCc1ccccc1. The van der Waals surface area contributed by atoms with Gasteiger partial charge in [-0.3, -0.25) is 0 Å². The van der Waals surface area contributed by atoms with Gasteiger partial charge in [-0.2, -0.15) is 0 Å². The summed E-state index contributed by atoms with van der Waals surface area (Å²) in [7, 11) is 0. The van der Waals surface area contributed by atoms with Crippen LogP contribution in [-0.2, 0) is 22.7 Å². The summed E-state index contributed by atoms with van der Waals surface area (Å²) in [4.78, 5) is 0. The molecule has 2 nitrogen and oxygen atoms in total. The van der Waals surface area contributed by atoms with Gasteiger partial charge in [0.25, 0.3) is 0 Å². The van der Waals surface area contributed by atoms with Crippen LogP contribution < -0.4 is 0 Å². The molecular weight excluding hydrogens is 356 g/mol. The first kappa shape index (κ1) is 22.7. The Labute approximate surface area is 176 Å². The second-order valence-electron chi connectivity index (χ2n) is 7.21. The van der Waals surface area contributed by atoms with E-state index < -0.39 is 0 Å². The Morgan fingerprint density at radius 3 is 1.90 bits per heavy atom. The average Bonchev–Trinajstić information content (AvgIpc) is 2.76. The largest absolute Gasteiger partial charge is 0.376 e. The summed E-state index contributed by atoms with van der Waals surface area (Å²) in [6.45, 7) is 8.23. The molecule has 2 heteroatoms. The fraction of sp³-hybridized carbons (Fsp3) is 0.333. The molecule has 2 rings (SSSR count). The summed E-state index contributed by atoms with van der Waals surface area (Å²) < 4.78 is 12.3. The van der Waals surface area contributed by atoms with Gasteiger partial charge in [0.2, 0.25) is 0 Å². The van der Waals surface area contributed by atoms with Gasteiger partial charge in [0.1, 0.15) is 0 Å². The Kier molecular flexibility index (Phi) is 10.6. The van der Waals surface area contributed by atoms with Crippen LogP contribution in [0.5, 0.6) is 0 Å². The van der Waals surface area contributed by atoms with Gasteiger partial charge >= 0.3 is 0 Å². The minimum absolute atomic E-state index is 0.189. The Hall–Kier alpha value is -2.60. The van der Waals surface area contributed by atoms with Crippen LogP contribution in [0.1, 0.15) is 37.3 Å². The lowest BCUT2D eigenvalue weighted by Crippen LogP contribution is -2.32. The lowest BCUT2D eigenvalue weighted by atomic mass is 9.82. The van der Waals surface area contributed by atoms with Gasteiger partial charge in [-0.15, -0.1) is 11.8 Å². The number of hydrogen-bond donors (Lipinski definition) is 0. The molecule has 0 unspecified atom stereocenters. The van der Waals surface area contributed by atoms with E-state index in [0.717, 1.165) is 19.3 Å². The molecule has 0 aliphatic heterocycles. The summed E-state index contributed by atoms with van der Waals surface area (Å²) in [5, 5.41) is 0. The van der Waals surface area contributed by atoms with Crippen molar-refractivity contribution in [2.24, 2.45) is 5.41 Å². The predicted octanol–water partition coefficient (Wildman–Crippen LogP) is 6.34. The lowest BCUT2D eigenvalue weighted by Gasteiger charge is -2.31. The second-order valence-corrected chi connectivity index (χ2v) is 7.21. The van der Waals surface area contributed by atoms with Crippen molar-refractivity contribution >= 4 is 0 Å². The van der Waals surface area contributed by atoms with Crippen molar-refractivity contribution < 1.29 is 9.47 Å². The van der Waals surface area contributed by atoms with E-state index in [1.54, 1.807) is 6.08 Å². The Bertz CT molecular complexity index is 736. The van der Waals surface area contributed by atoms with Crippen molar-refractivity contribution in [2.45, 2.75) is 39.4 Å². The van der Waals surface area contributed by atoms with E-state index >= 15 is 0 Å². The molecule has 0 saturated carbocycles. The van der Waals surface area contributed by atoms with Crippen molar-refractivity contribution in [1.29, 1.82) is 0 Å². The fourth-order valence-corrected chi connectivity index (χ4v) is 3.04. The summed E-state index contributed by atoms with van der Waals surface area (Å²) in [6.07, 6.45) is 8.36. The third-order valence-corrected chi connectivity index (χ3v) is 4.63. The summed E-state index contributed by atoms with van der Waals surface area (Å²) in [5.41, 5.74) is 2.16. The van der Waals surface area contributed by atoms with Crippen molar-refractivity contribution in [3.8, 4) is 11.8 Å². The van der Waals surface area contributed by atoms with E-state index in [1.165, 1.54) is 11.1 Å². The molecule has 2 aromatic carbocycles. The van der Waals surface area contributed by atoms with Crippen LogP contribution in [0, 0.1) is 17.3 Å². The van der Waals surface area contributed by atoms with Gasteiger partial charge in [0.15, 0.2) is 0 Å². The molecule has 0 spiro atoms. The Morgan fingerprint density at radius 1 is 0.862 bits per heavy atom. The lowest BCUT2D eigenvalue weighted by molar-refractivity contribution is -0.0294. The van der Waals surface area contributed by atoms with Crippen LogP contribution >= 0.6 is 0 Å². The van der Waals surface area contributed by atoms with E-state index in [2.05, 4.69) is 55.7 Å². The van der Waals surface area contributed by atoms with Crippen LogP contribution in [0.2, 0.25) is 0 Å². The minimum Gasteiger partial charge on any atom is -0.376 e. The number of allylic oxidation sites excluding steroid dienone is 3. The quantitative estimate of drug-likeness (QED) is 0.312. The molecule has 29 heavy (non-hydrogen) atoms. The van der Waals surface area contributed by atoms with Gasteiger partial charge in [-0.05, 0) is 17.5 Å². The maximum absolute atomic E-state index is 6.14. The molecule has 0 aliphatic carbocycles. The summed E-state index contributed by atoms with van der Waals surface area (Å²) in [5.74, 6) is 6.54. The van der Waals surface area contributed by atoms with Crippen molar-refractivity contribution in [2.75, 3.05) is 13.2 Å². The molecule has 0 radical (unpaired) electrons. The van der Waals surface area contributed by atoms with Gasteiger partial charge < -0.3 is 9.47 Å². The first-order valence-electron chi connectivity index (χ1n) is 10.2. The van der Waals surface area contributed by atoms with Crippen LogP contribution in [0.3, 0.4) is 0 Å². The normalized spacial score (nSPS) is 11.2. The molecule has 0 aliphatic rings. The number of benzene rings is 2. The number of hydrogen-bond acceptors (Lipinski definition) is 2. The minimum atomic E-state index is -0.189. The Balaban J connectivity index is 2.06. The zero-order chi connectivity index (χ0) is 20.6. The maximum atomic E-state index is 6.14. The maximum Gasteiger partial charge on any atom is 0.0717 e. The molecule has 0 N–H and O–H groups in total. The standard InChI is InChI=1S/C27H32O2/c1-3-5-13-19-27(20-14-6-4-2,23-28-21-25-15-9-7-10-16-25)24-29-22-26-17-11-8-12-18-26/h3,5,7-13,15-18H,1,4,19-24H2,2H3/b13-5+. The summed E-state index contributed by atoms with van der Waals surface area (Å²) in [6, 6.07) is 20.5. The molecular formula is C27H32O2. The number of ether oxygens (including phenoxy) is 2. The Morgan fingerprint density at radius 2 is 1.41 bits per heavy atom. The molecule has 0 atom stereocenters. The van der Waals surface area contributed by atoms with Gasteiger partial charge in [-0.1, -0.05) is 92.4 Å². The second kappa shape index (κ2) is 13.6. The first-order valence-corrected chi connectivity index (χ1v) is 10.2. The van der Waals surface area contributed by atoms with Crippen LogP contribution in [-0.4, -0.2) is 13.2 Å². The van der Waals surface area contributed by atoms with E-state index in [4.69, 9.17) is 9.47 Å². The molecule has 0 aromatic heterocycles. The molecule has 2 aromatic rings. The molecule has 0 saturated heterocycles. The fourth-order valence-electron chi connectivity index (χ4n) is 3.04. The highest BCUT2D eigenvalue weighted by Gasteiger charge is 2.29. The third-order valence-electron chi connectivity index (χ3n) is 4.63. The highest BCUT2D eigenvalue weighted by Crippen LogP contribution is 2.29. The van der Waals surface area contributed by atoms with E-state index in [-0.39, 0.29) is 5.41 Å². The van der Waals surface area contributed by atoms with Crippen LogP contribution in [0.25, 0.3) is 0 Å². The number of rotatable bonds is 12. The van der Waals surface area contributed by atoms with Gasteiger partial charge in [0.05, 0.1) is 26.4 Å².